The molecule has 0 amide bonds. The minimum Gasteiger partial charge on any atom is -0.397 e. The molecule has 2 N–H and O–H groups in total. The third-order valence-corrected chi connectivity index (χ3v) is 3.21. The molecule has 0 atom stereocenters. The van der Waals surface area contributed by atoms with E-state index in [0.29, 0.717) is 17.9 Å². The standard InChI is InChI=1S/C14H14BrFN2/c1-18(9-10-3-2-4-11(15)7-10)14-8-12(16)5-6-13(14)17/h2-8H,9,17H2,1H3. The highest BCUT2D eigenvalue weighted by Gasteiger charge is 2.07. The first-order chi connectivity index (χ1) is 8.56. The third kappa shape index (κ3) is 3.01. The largest absolute Gasteiger partial charge is 0.397 e. The number of halogens is 2. The first-order valence-corrected chi connectivity index (χ1v) is 6.36. The Kier molecular flexibility index (Phi) is 3.87. The van der Waals surface area contributed by atoms with Gasteiger partial charge in [0.25, 0.3) is 0 Å². The van der Waals surface area contributed by atoms with Gasteiger partial charge in [-0.05, 0) is 35.9 Å². The maximum absolute atomic E-state index is 13.2. The van der Waals surface area contributed by atoms with Crippen LogP contribution in [0.25, 0.3) is 0 Å². The number of nitrogens with zero attached hydrogens (tertiary/aromatic N) is 1. The van der Waals surface area contributed by atoms with Crippen molar-refractivity contribution in [2.75, 3.05) is 17.7 Å². The molecule has 4 heteroatoms. The second kappa shape index (κ2) is 5.40. The summed E-state index contributed by atoms with van der Waals surface area (Å²) in [6.07, 6.45) is 0. The van der Waals surface area contributed by atoms with E-state index >= 15 is 0 Å². The predicted molar refractivity (Wildman–Crippen MR) is 77.1 cm³/mol. The van der Waals surface area contributed by atoms with Crippen LogP contribution in [0.1, 0.15) is 5.56 Å². The Hall–Kier alpha value is -1.55. The van der Waals surface area contributed by atoms with Gasteiger partial charge in [0.1, 0.15) is 5.82 Å². The van der Waals surface area contributed by atoms with Crippen LogP contribution in [0.4, 0.5) is 15.8 Å². The number of benzene rings is 2. The van der Waals surface area contributed by atoms with E-state index in [9.17, 15) is 4.39 Å². The number of anilines is 2. The fraction of sp³-hybridized carbons (Fsp3) is 0.143. The molecule has 0 fully saturated rings. The summed E-state index contributed by atoms with van der Waals surface area (Å²) in [5.41, 5.74) is 8.27. The number of hydrogen-bond acceptors (Lipinski definition) is 2. The SMILES string of the molecule is CN(Cc1cccc(Br)c1)c1cc(F)ccc1N. The Morgan fingerprint density at radius 2 is 2.00 bits per heavy atom. The van der Waals surface area contributed by atoms with E-state index in [0.717, 1.165) is 10.0 Å². The summed E-state index contributed by atoms with van der Waals surface area (Å²) in [4.78, 5) is 1.93. The van der Waals surface area contributed by atoms with Crippen molar-refractivity contribution in [1.82, 2.24) is 0 Å². The lowest BCUT2D eigenvalue weighted by molar-refractivity contribution is 0.627. The monoisotopic (exact) mass is 308 g/mol. The molecule has 0 aliphatic rings. The van der Waals surface area contributed by atoms with Crippen LogP contribution < -0.4 is 10.6 Å². The zero-order valence-electron chi connectivity index (χ0n) is 10.0. The molecular weight excluding hydrogens is 295 g/mol. The van der Waals surface area contributed by atoms with E-state index < -0.39 is 0 Å². The summed E-state index contributed by atoms with van der Waals surface area (Å²) in [5.74, 6) is -0.278. The van der Waals surface area contributed by atoms with Gasteiger partial charge in [-0.2, -0.15) is 0 Å². The Labute approximate surface area is 114 Å². The molecule has 0 bridgehead atoms. The van der Waals surface area contributed by atoms with Crippen LogP contribution in [0, 0.1) is 5.82 Å². The van der Waals surface area contributed by atoms with Crippen molar-refractivity contribution in [1.29, 1.82) is 0 Å². The Bertz CT molecular complexity index is 557. The Morgan fingerprint density at radius 1 is 1.22 bits per heavy atom. The normalized spacial score (nSPS) is 10.4. The molecule has 18 heavy (non-hydrogen) atoms. The van der Waals surface area contributed by atoms with E-state index in [2.05, 4.69) is 15.9 Å². The molecule has 2 aromatic carbocycles. The molecule has 0 saturated carbocycles. The smallest absolute Gasteiger partial charge is 0.125 e. The van der Waals surface area contributed by atoms with Crippen molar-refractivity contribution in [2.24, 2.45) is 0 Å². The highest BCUT2D eigenvalue weighted by molar-refractivity contribution is 9.10. The van der Waals surface area contributed by atoms with Crippen LogP contribution in [0.2, 0.25) is 0 Å². The van der Waals surface area contributed by atoms with Crippen LogP contribution in [0.5, 0.6) is 0 Å². The van der Waals surface area contributed by atoms with Gasteiger partial charge < -0.3 is 10.6 Å². The molecule has 0 aromatic heterocycles. The van der Waals surface area contributed by atoms with Crippen molar-refractivity contribution < 1.29 is 4.39 Å². The van der Waals surface area contributed by atoms with Gasteiger partial charge in [0.15, 0.2) is 0 Å². The van der Waals surface area contributed by atoms with Gasteiger partial charge in [-0.15, -0.1) is 0 Å². The summed E-state index contributed by atoms with van der Waals surface area (Å²) in [5, 5.41) is 0. The van der Waals surface area contributed by atoms with Crippen LogP contribution in [0.15, 0.2) is 46.9 Å². The number of nitrogen functional groups attached to an aromatic ring is 1. The topological polar surface area (TPSA) is 29.3 Å². The molecule has 0 aliphatic carbocycles. The quantitative estimate of drug-likeness (QED) is 0.874. The predicted octanol–water partition coefficient (Wildman–Crippen LogP) is 3.81. The van der Waals surface area contributed by atoms with E-state index in [1.165, 1.54) is 12.1 Å². The van der Waals surface area contributed by atoms with Gasteiger partial charge in [-0.3, -0.25) is 0 Å². The minimum atomic E-state index is -0.278. The molecule has 2 rings (SSSR count). The van der Waals surface area contributed by atoms with Gasteiger partial charge in [0.2, 0.25) is 0 Å². The molecule has 0 unspecified atom stereocenters. The summed E-state index contributed by atoms with van der Waals surface area (Å²) >= 11 is 3.43. The van der Waals surface area contributed by atoms with Gasteiger partial charge >= 0.3 is 0 Å². The van der Waals surface area contributed by atoms with Gasteiger partial charge in [-0.1, -0.05) is 28.1 Å². The second-order valence-electron chi connectivity index (χ2n) is 4.19. The van der Waals surface area contributed by atoms with Gasteiger partial charge in [-0.25, -0.2) is 4.39 Å². The molecule has 0 heterocycles. The molecular formula is C14H14BrFN2. The van der Waals surface area contributed by atoms with Crippen molar-refractivity contribution in [2.45, 2.75) is 6.54 Å². The van der Waals surface area contributed by atoms with Gasteiger partial charge in [0.05, 0.1) is 11.4 Å². The Morgan fingerprint density at radius 3 is 2.72 bits per heavy atom. The Balaban J connectivity index is 2.21. The van der Waals surface area contributed by atoms with E-state index in [1.54, 1.807) is 6.07 Å². The van der Waals surface area contributed by atoms with Gasteiger partial charge in [0, 0.05) is 18.1 Å². The number of nitrogens with two attached hydrogens (primary N) is 1. The first kappa shape index (κ1) is 12.9. The highest BCUT2D eigenvalue weighted by Crippen LogP contribution is 2.25. The molecule has 0 spiro atoms. The molecule has 2 aromatic rings. The summed E-state index contributed by atoms with van der Waals surface area (Å²) in [6.45, 7) is 0.674. The average molecular weight is 309 g/mol. The zero-order valence-corrected chi connectivity index (χ0v) is 11.6. The van der Waals surface area contributed by atoms with E-state index in [1.807, 2.05) is 36.2 Å². The van der Waals surface area contributed by atoms with Crippen LogP contribution in [-0.2, 0) is 6.54 Å². The summed E-state index contributed by atoms with van der Waals surface area (Å²) in [7, 11) is 1.89. The first-order valence-electron chi connectivity index (χ1n) is 5.57. The lowest BCUT2D eigenvalue weighted by atomic mass is 10.2. The molecule has 0 radical (unpaired) electrons. The maximum atomic E-state index is 13.2. The minimum absolute atomic E-state index is 0.278. The average Bonchev–Trinajstić information content (AvgIpc) is 2.32. The van der Waals surface area contributed by atoms with Crippen molar-refractivity contribution >= 4 is 27.3 Å². The maximum Gasteiger partial charge on any atom is 0.125 e. The lowest BCUT2D eigenvalue weighted by Gasteiger charge is -2.21. The molecule has 0 saturated heterocycles. The van der Waals surface area contributed by atoms with Crippen LogP contribution in [0.3, 0.4) is 0 Å². The van der Waals surface area contributed by atoms with E-state index in [4.69, 9.17) is 5.73 Å². The zero-order chi connectivity index (χ0) is 13.1. The van der Waals surface area contributed by atoms with Crippen LogP contribution in [-0.4, -0.2) is 7.05 Å². The van der Waals surface area contributed by atoms with Crippen molar-refractivity contribution in [3.05, 3.63) is 58.3 Å². The fourth-order valence-corrected chi connectivity index (χ4v) is 2.29. The molecule has 0 aliphatic heterocycles. The van der Waals surface area contributed by atoms with Crippen LogP contribution >= 0.6 is 15.9 Å². The second-order valence-corrected chi connectivity index (χ2v) is 5.10. The lowest BCUT2D eigenvalue weighted by Crippen LogP contribution is -2.18. The number of rotatable bonds is 3. The molecule has 2 nitrogen and oxygen atoms in total. The third-order valence-electron chi connectivity index (χ3n) is 2.71. The van der Waals surface area contributed by atoms with Crippen molar-refractivity contribution in [3.63, 3.8) is 0 Å². The number of hydrogen-bond donors (Lipinski definition) is 1. The molecule has 94 valence electrons. The highest BCUT2D eigenvalue weighted by atomic mass is 79.9. The summed E-state index contributed by atoms with van der Waals surface area (Å²) < 4.78 is 14.2. The van der Waals surface area contributed by atoms with Crippen molar-refractivity contribution in [3.8, 4) is 0 Å². The fourth-order valence-electron chi connectivity index (χ4n) is 1.84. The summed E-state index contributed by atoms with van der Waals surface area (Å²) in [6, 6.07) is 12.4. The van der Waals surface area contributed by atoms with E-state index in [-0.39, 0.29) is 5.82 Å².